The van der Waals surface area contributed by atoms with E-state index in [1.165, 1.54) is 15.9 Å². The van der Waals surface area contributed by atoms with Gasteiger partial charge < -0.3 is 18.9 Å². The predicted octanol–water partition coefficient (Wildman–Crippen LogP) is 6.13. The third kappa shape index (κ3) is 6.84. The number of aromatic nitrogens is 1. The van der Waals surface area contributed by atoms with E-state index in [2.05, 4.69) is 4.99 Å². The molecular weight excluding hydrogens is 612 g/mol. The van der Waals surface area contributed by atoms with Crippen LogP contribution in [0.25, 0.3) is 6.08 Å². The summed E-state index contributed by atoms with van der Waals surface area (Å²) in [4.78, 5) is 32.6. The average molecular weight is 647 g/mol. The lowest BCUT2D eigenvalue weighted by molar-refractivity contribution is -0.139. The largest absolute Gasteiger partial charge is 0.493 e. The van der Waals surface area contributed by atoms with Crippen molar-refractivity contribution in [1.82, 2.24) is 4.57 Å². The zero-order valence-corrected chi connectivity index (χ0v) is 27.6. The fourth-order valence-electron chi connectivity index (χ4n) is 5.23. The fourth-order valence-corrected chi connectivity index (χ4v) is 6.55. The van der Waals surface area contributed by atoms with E-state index in [-0.39, 0.29) is 23.8 Å². The van der Waals surface area contributed by atoms with Gasteiger partial charge in [-0.15, -0.1) is 0 Å². The van der Waals surface area contributed by atoms with Crippen LogP contribution < -0.4 is 29.1 Å². The molecule has 3 aromatic carbocycles. The van der Waals surface area contributed by atoms with Crippen LogP contribution in [0.15, 0.2) is 81.7 Å². The molecule has 4 aromatic rings. The van der Waals surface area contributed by atoms with Crippen molar-refractivity contribution < 1.29 is 23.7 Å². The Morgan fingerprint density at radius 3 is 2.58 bits per heavy atom. The number of ether oxygens (including phenoxy) is 4. The zero-order chi connectivity index (χ0) is 32.2. The summed E-state index contributed by atoms with van der Waals surface area (Å²) in [5.74, 6) is 0.888. The summed E-state index contributed by atoms with van der Waals surface area (Å²) in [7, 11) is 1.54. The minimum Gasteiger partial charge on any atom is -0.493 e. The van der Waals surface area contributed by atoms with Gasteiger partial charge in [0.2, 0.25) is 0 Å². The van der Waals surface area contributed by atoms with Gasteiger partial charge in [-0.25, -0.2) is 9.79 Å². The Labute approximate surface area is 270 Å². The van der Waals surface area contributed by atoms with Crippen LogP contribution >= 0.6 is 22.9 Å². The lowest BCUT2D eigenvalue weighted by Crippen LogP contribution is -2.40. The van der Waals surface area contributed by atoms with Gasteiger partial charge in [-0.05, 0) is 70.0 Å². The van der Waals surface area contributed by atoms with E-state index < -0.39 is 12.0 Å². The molecule has 8 nitrogen and oxygen atoms in total. The molecular formula is C35H35ClN2O6S. The topological polar surface area (TPSA) is 88.4 Å². The van der Waals surface area contributed by atoms with E-state index in [1.807, 2.05) is 69.3 Å². The number of hydrogen-bond donors (Lipinski definition) is 0. The number of para-hydroxylation sites is 1. The SMILES string of the molecule is CCOC(=O)C1=C(C)N=c2s/c(=C/c3cc(Cl)c(OCc4cccc(C)c4)c(OC)c3)c(=O)n2[C@@H]1c1ccccc1OC(C)C. The number of hydrogen-bond acceptors (Lipinski definition) is 8. The van der Waals surface area contributed by atoms with Crippen LogP contribution in [-0.4, -0.2) is 30.4 Å². The van der Waals surface area contributed by atoms with E-state index in [0.29, 0.717) is 55.0 Å². The highest BCUT2D eigenvalue weighted by Crippen LogP contribution is 2.38. The maximum atomic E-state index is 14.1. The summed E-state index contributed by atoms with van der Waals surface area (Å²) in [6, 6.07) is 18.1. The smallest absolute Gasteiger partial charge is 0.338 e. The molecule has 1 atom stereocenters. The van der Waals surface area contributed by atoms with Crippen molar-refractivity contribution >= 4 is 35.0 Å². The number of carbonyl (C=O) groups excluding carboxylic acids is 1. The number of rotatable bonds is 10. The number of aryl methyl sites for hydroxylation is 1. The molecule has 0 spiro atoms. The van der Waals surface area contributed by atoms with Gasteiger partial charge in [0.05, 0.1) is 40.6 Å². The number of benzene rings is 3. The van der Waals surface area contributed by atoms with Crippen molar-refractivity contribution in [3.8, 4) is 17.2 Å². The van der Waals surface area contributed by atoms with Crippen LogP contribution in [0, 0.1) is 6.92 Å². The van der Waals surface area contributed by atoms with Crippen molar-refractivity contribution in [3.05, 3.63) is 119 Å². The summed E-state index contributed by atoms with van der Waals surface area (Å²) in [5.41, 5.74) is 3.90. The molecule has 10 heteroatoms. The number of nitrogens with zero attached hydrogens (tertiary/aromatic N) is 2. The minimum absolute atomic E-state index is 0.124. The van der Waals surface area contributed by atoms with Crippen molar-refractivity contribution in [2.24, 2.45) is 4.99 Å². The second-order valence-corrected chi connectivity index (χ2v) is 12.2. The number of esters is 1. The molecule has 1 aliphatic heterocycles. The summed E-state index contributed by atoms with van der Waals surface area (Å²) in [5, 5.41) is 0.346. The Morgan fingerprint density at radius 1 is 1.09 bits per heavy atom. The number of fused-ring (bicyclic) bond motifs is 1. The third-order valence-electron chi connectivity index (χ3n) is 7.11. The maximum absolute atomic E-state index is 14.1. The number of allylic oxidation sites excluding steroid dienone is 1. The highest BCUT2D eigenvalue weighted by molar-refractivity contribution is 7.07. The molecule has 2 heterocycles. The quantitative estimate of drug-likeness (QED) is 0.193. The van der Waals surface area contributed by atoms with Gasteiger partial charge in [-0.1, -0.05) is 71.0 Å². The van der Waals surface area contributed by atoms with Crippen LogP contribution in [0.2, 0.25) is 5.02 Å². The van der Waals surface area contributed by atoms with Gasteiger partial charge >= 0.3 is 5.97 Å². The molecule has 234 valence electrons. The van der Waals surface area contributed by atoms with E-state index in [1.54, 1.807) is 39.2 Å². The van der Waals surface area contributed by atoms with Crippen LogP contribution in [0.3, 0.4) is 0 Å². The lowest BCUT2D eigenvalue weighted by Gasteiger charge is -2.26. The maximum Gasteiger partial charge on any atom is 0.338 e. The molecule has 0 N–H and O–H groups in total. The lowest BCUT2D eigenvalue weighted by atomic mass is 9.95. The summed E-state index contributed by atoms with van der Waals surface area (Å²) < 4.78 is 25.2. The first-order chi connectivity index (χ1) is 21.6. The Bertz CT molecular complexity index is 1960. The molecule has 1 aliphatic rings. The van der Waals surface area contributed by atoms with Crippen molar-refractivity contribution in [3.63, 3.8) is 0 Å². The molecule has 45 heavy (non-hydrogen) atoms. The number of halogens is 1. The van der Waals surface area contributed by atoms with Crippen molar-refractivity contribution in [2.75, 3.05) is 13.7 Å². The average Bonchev–Trinajstić information content (AvgIpc) is 3.29. The van der Waals surface area contributed by atoms with Gasteiger partial charge in [0.15, 0.2) is 16.3 Å². The molecule has 0 radical (unpaired) electrons. The van der Waals surface area contributed by atoms with E-state index in [0.717, 1.165) is 11.1 Å². The monoisotopic (exact) mass is 646 g/mol. The standard InChI is InChI=1S/C35H35ClN2O6S/c1-7-42-34(40)30-22(5)37-35-38(31(30)25-13-8-9-14-27(25)44-20(2)3)33(39)29(45-35)18-24-16-26(36)32(28(17-24)41-6)43-19-23-12-10-11-21(4)15-23/h8-18,20,31H,7,19H2,1-6H3/b29-18+/t31-/m1/s1. The Balaban J connectivity index is 1.60. The zero-order valence-electron chi connectivity index (χ0n) is 26.0. The Kier molecular flexibility index (Phi) is 9.80. The summed E-state index contributed by atoms with van der Waals surface area (Å²) >= 11 is 7.91. The molecule has 5 rings (SSSR count). The van der Waals surface area contributed by atoms with Crippen LogP contribution in [0.5, 0.6) is 17.2 Å². The van der Waals surface area contributed by atoms with Gasteiger partial charge in [-0.2, -0.15) is 0 Å². The minimum atomic E-state index is -0.798. The summed E-state index contributed by atoms with van der Waals surface area (Å²) in [6.45, 7) is 9.87. The molecule has 0 unspecified atom stereocenters. The van der Waals surface area contributed by atoms with Gasteiger partial charge in [0.25, 0.3) is 5.56 Å². The summed E-state index contributed by atoms with van der Waals surface area (Å²) in [6.07, 6.45) is 1.61. The first-order valence-electron chi connectivity index (χ1n) is 14.6. The molecule has 0 fully saturated rings. The first-order valence-corrected chi connectivity index (χ1v) is 15.8. The highest BCUT2D eigenvalue weighted by atomic mass is 35.5. The van der Waals surface area contributed by atoms with Crippen molar-refractivity contribution in [2.45, 2.75) is 53.4 Å². The van der Waals surface area contributed by atoms with Crippen molar-refractivity contribution in [1.29, 1.82) is 0 Å². The number of methoxy groups -OCH3 is 1. The first kappa shape index (κ1) is 32.1. The van der Waals surface area contributed by atoms with E-state index in [9.17, 15) is 9.59 Å². The Morgan fingerprint density at radius 2 is 1.87 bits per heavy atom. The van der Waals surface area contributed by atoms with Gasteiger partial charge in [-0.3, -0.25) is 9.36 Å². The van der Waals surface area contributed by atoms with E-state index in [4.69, 9.17) is 30.5 Å². The second-order valence-electron chi connectivity index (χ2n) is 10.8. The number of thiazole rings is 1. The molecule has 0 amide bonds. The molecule has 0 bridgehead atoms. The van der Waals surface area contributed by atoms with Crippen LogP contribution in [-0.2, 0) is 16.1 Å². The number of carbonyl (C=O) groups is 1. The van der Waals surface area contributed by atoms with Crippen LogP contribution in [0.1, 0.15) is 56.0 Å². The normalized spacial score (nSPS) is 14.7. The van der Waals surface area contributed by atoms with Gasteiger partial charge in [0.1, 0.15) is 18.4 Å². The van der Waals surface area contributed by atoms with Crippen LogP contribution in [0.4, 0.5) is 0 Å². The predicted molar refractivity (Wildman–Crippen MR) is 176 cm³/mol. The van der Waals surface area contributed by atoms with Gasteiger partial charge in [0, 0.05) is 5.56 Å². The third-order valence-corrected chi connectivity index (χ3v) is 8.37. The molecule has 0 aliphatic carbocycles. The molecule has 0 saturated carbocycles. The second kappa shape index (κ2) is 13.7. The Hall–Kier alpha value is -4.34. The van der Waals surface area contributed by atoms with E-state index >= 15 is 0 Å². The fraction of sp³-hybridized carbons (Fsp3) is 0.286. The molecule has 1 aromatic heterocycles. The highest BCUT2D eigenvalue weighted by Gasteiger charge is 2.35. The molecule has 0 saturated heterocycles.